The third-order valence-corrected chi connectivity index (χ3v) is 19.3. The molecule has 96 heavy (non-hydrogen) atoms. The van der Waals surface area contributed by atoms with Crippen molar-refractivity contribution in [2.24, 2.45) is 0 Å². The van der Waals surface area contributed by atoms with Crippen LogP contribution >= 0.6 is 0 Å². The van der Waals surface area contributed by atoms with E-state index in [0.717, 1.165) is 51.1 Å². The first-order valence-electron chi connectivity index (χ1n) is 33.0. The molecule has 4 nitrogen and oxygen atoms in total. The van der Waals surface area contributed by atoms with E-state index in [4.69, 9.17) is 0 Å². The zero-order valence-electron chi connectivity index (χ0n) is 52.6. The molecule has 0 atom stereocenters. The van der Waals surface area contributed by atoms with Gasteiger partial charge in [-0.1, -0.05) is 255 Å². The van der Waals surface area contributed by atoms with Crippen molar-refractivity contribution in [3.05, 3.63) is 376 Å². The molecule has 2 aromatic heterocycles. The molecular formula is C92H62N4. The second kappa shape index (κ2) is 23.7. The van der Waals surface area contributed by atoms with Crippen LogP contribution in [-0.2, 0) is 0 Å². The number of fused-ring (bicyclic) bond motifs is 8. The summed E-state index contributed by atoms with van der Waals surface area (Å²) in [6.45, 7) is 0. The van der Waals surface area contributed by atoms with E-state index < -0.39 is 0 Å². The highest BCUT2D eigenvalue weighted by molar-refractivity contribution is 6.10. The van der Waals surface area contributed by atoms with E-state index in [2.05, 4.69) is 395 Å². The minimum Gasteiger partial charge on any atom is -0.310 e. The van der Waals surface area contributed by atoms with Gasteiger partial charge in [0.15, 0.2) is 0 Å². The molecule has 4 heteroatoms. The monoisotopic (exact) mass is 1220 g/mol. The van der Waals surface area contributed by atoms with E-state index in [1.165, 1.54) is 115 Å². The van der Waals surface area contributed by atoms with Gasteiger partial charge < -0.3 is 18.9 Å². The van der Waals surface area contributed by atoms with Crippen molar-refractivity contribution in [2.75, 3.05) is 9.80 Å². The van der Waals surface area contributed by atoms with Crippen molar-refractivity contribution in [1.82, 2.24) is 9.13 Å². The minimum absolute atomic E-state index is 1.09. The summed E-state index contributed by atoms with van der Waals surface area (Å²) in [5, 5.41) is 9.83. The van der Waals surface area contributed by atoms with E-state index in [1.54, 1.807) is 0 Å². The molecule has 18 rings (SSSR count). The van der Waals surface area contributed by atoms with Crippen LogP contribution < -0.4 is 9.80 Å². The Kier molecular flexibility index (Phi) is 13.8. The summed E-state index contributed by atoms with van der Waals surface area (Å²) in [7, 11) is 0. The smallest absolute Gasteiger partial charge is 0.0541 e. The van der Waals surface area contributed by atoms with Crippen LogP contribution in [0.25, 0.3) is 132 Å². The Balaban J connectivity index is 0.586. The molecule has 0 amide bonds. The summed E-state index contributed by atoms with van der Waals surface area (Å²) in [4.78, 5) is 4.74. The molecule has 0 aliphatic rings. The Morgan fingerprint density at radius 1 is 0.167 bits per heavy atom. The maximum Gasteiger partial charge on any atom is 0.0541 e. The van der Waals surface area contributed by atoms with E-state index in [0.29, 0.717) is 0 Å². The van der Waals surface area contributed by atoms with E-state index in [9.17, 15) is 0 Å². The van der Waals surface area contributed by atoms with Crippen LogP contribution in [0.3, 0.4) is 0 Å². The van der Waals surface area contributed by atoms with Crippen LogP contribution in [0, 0.1) is 0 Å². The first-order valence-corrected chi connectivity index (χ1v) is 33.0. The molecule has 0 spiro atoms. The predicted octanol–water partition coefficient (Wildman–Crippen LogP) is 25.5. The first-order chi connectivity index (χ1) is 47.6. The van der Waals surface area contributed by atoms with Crippen LogP contribution in [0.2, 0.25) is 0 Å². The largest absolute Gasteiger partial charge is 0.310 e. The number of anilines is 6. The molecule has 0 N–H and O–H groups in total. The van der Waals surface area contributed by atoms with Gasteiger partial charge in [0.25, 0.3) is 0 Å². The number of hydrogen-bond donors (Lipinski definition) is 0. The average Bonchev–Trinajstić information content (AvgIpc) is 1.64. The van der Waals surface area contributed by atoms with Gasteiger partial charge in [-0.3, -0.25) is 0 Å². The van der Waals surface area contributed by atoms with Gasteiger partial charge in [-0.05, 0) is 193 Å². The van der Waals surface area contributed by atoms with E-state index >= 15 is 0 Å². The molecule has 18 aromatic rings. The van der Waals surface area contributed by atoms with Crippen LogP contribution in [0.5, 0.6) is 0 Å². The lowest BCUT2D eigenvalue weighted by molar-refractivity contribution is 1.18. The first kappa shape index (κ1) is 56.0. The lowest BCUT2D eigenvalue weighted by atomic mass is 9.99. The lowest BCUT2D eigenvalue weighted by Crippen LogP contribution is -2.10. The highest BCUT2D eigenvalue weighted by Gasteiger charge is 2.19. The summed E-state index contributed by atoms with van der Waals surface area (Å²) < 4.78 is 4.74. The second-order valence-corrected chi connectivity index (χ2v) is 24.9. The Labute approximate surface area is 558 Å². The Hall–Kier alpha value is -12.8. The van der Waals surface area contributed by atoms with Crippen LogP contribution in [-0.4, -0.2) is 9.13 Å². The van der Waals surface area contributed by atoms with E-state index in [1.807, 2.05) is 0 Å². The fraction of sp³-hybridized carbons (Fsp3) is 0. The molecule has 0 saturated carbocycles. The summed E-state index contributed by atoms with van der Waals surface area (Å²) in [5.41, 5.74) is 25.5. The van der Waals surface area contributed by atoms with Crippen molar-refractivity contribution >= 4 is 99.3 Å². The van der Waals surface area contributed by atoms with Crippen molar-refractivity contribution in [3.63, 3.8) is 0 Å². The Morgan fingerprint density at radius 2 is 0.458 bits per heavy atom. The van der Waals surface area contributed by atoms with Crippen LogP contribution in [0.15, 0.2) is 376 Å². The third kappa shape index (κ3) is 10.0. The molecule has 16 aromatic carbocycles. The van der Waals surface area contributed by atoms with Crippen LogP contribution in [0.4, 0.5) is 34.1 Å². The molecule has 0 unspecified atom stereocenters. The van der Waals surface area contributed by atoms with Gasteiger partial charge in [0.05, 0.1) is 27.8 Å². The molecule has 0 bridgehead atoms. The molecular weight excluding hydrogens is 1160 g/mol. The standard InChI is InChI=1S/C92H62N4/c1-2-17-76(18-3-1)93(77-50-39-67(40-51-77)63-29-33-65(34-30-63)69-43-56-80(57-44-69)95-89-24-10-6-20-84(89)85-21-7-11-25-90(85)95)82-60-49-74-61-73(37-38-75(74)62-82)71-47-54-79(55-48-71)94(88-28-14-16-72-15-4-5-19-83(72)88)78-52-41-68(42-53-78)64-31-35-66(36-32-64)70-45-58-81(59-46-70)96-91-26-12-8-22-86(91)87-23-9-13-27-92(87)96/h1-62H. The number of benzene rings is 16. The van der Waals surface area contributed by atoms with E-state index in [-0.39, 0.29) is 0 Å². The summed E-state index contributed by atoms with van der Waals surface area (Å²) in [6, 6.07) is 137. The van der Waals surface area contributed by atoms with Gasteiger partial charge in [0.2, 0.25) is 0 Å². The van der Waals surface area contributed by atoms with Crippen molar-refractivity contribution in [2.45, 2.75) is 0 Å². The summed E-state index contributed by atoms with van der Waals surface area (Å²) in [5.74, 6) is 0. The fourth-order valence-electron chi connectivity index (χ4n) is 14.5. The number of para-hydroxylation sites is 5. The average molecular weight is 1220 g/mol. The van der Waals surface area contributed by atoms with Crippen molar-refractivity contribution in [1.29, 1.82) is 0 Å². The third-order valence-electron chi connectivity index (χ3n) is 19.3. The molecule has 450 valence electrons. The Morgan fingerprint density at radius 3 is 0.896 bits per heavy atom. The summed E-state index contributed by atoms with van der Waals surface area (Å²) in [6.07, 6.45) is 0. The summed E-state index contributed by atoms with van der Waals surface area (Å²) >= 11 is 0. The molecule has 0 aliphatic heterocycles. The number of rotatable bonds is 13. The minimum atomic E-state index is 1.09. The molecule has 0 aliphatic carbocycles. The zero-order chi connectivity index (χ0) is 63.5. The van der Waals surface area contributed by atoms with Gasteiger partial charge in [-0.25, -0.2) is 0 Å². The molecule has 2 heterocycles. The highest BCUT2D eigenvalue weighted by Crippen LogP contribution is 2.43. The quantitative estimate of drug-likeness (QED) is 0.114. The predicted molar refractivity (Wildman–Crippen MR) is 407 cm³/mol. The van der Waals surface area contributed by atoms with Gasteiger partial charge >= 0.3 is 0 Å². The Bertz CT molecular complexity index is 5780. The van der Waals surface area contributed by atoms with Gasteiger partial charge in [0, 0.05) is 66.7 Å². The molecule has 0 radical (unpaired) electrons. The van der Waals surface area contributed by atoms with Gasteiger partial charge in [-0.2, -0.15) is 0 Å². The van der Waals surface area contributed by atoms with Gasteiger partial charge in [0.1, 0.15) is 0 Å². The highest BCUT2D eigenvalue weighted by atomic mass is 15.1. The number of hydrogen-bond acceptors (Lipinski definition) is 2. The van der Waals surface area contributed by atoms with Crippen molar-refractivity contribution < 1.29 is 0 Å². The maximum atomic E-state index is 2.39. The molecule has 0 fully saturated rings. The second-order valence-electron chi connectivity index (χ2n) is 24.9. The molecule has 0 saturated heterocycles. The van der Waals surface area contributed by atoms with Gasteiger partial charge in [-0.15, -0.1) is 0 Å². The number of aromatic nitrogens is 2. The topological polar surface area (TPSA) is 16.3 Å². The lowest BCUT2D eigenvalue weighted by Gasteiger charge is -2.27. The maximum absolute atomic E-state index is 2.39. The van der Waals surface area contributed by atoms with Crippen molar-refractivity contribution in [3.8, 4) is 67.0 Å². The zero-order valence-corrected chi connectivity index (χ0v) is 52.6. The fourth-order valence-corrected chi connectivity index (χ4v) is 14.5. The normalized spacial score (nSPS) is 11.5. The number of nitrogens with zero attached hydrogens (tertiary/aromatic N) is 4. The van der Waals surface area contributed by atoms with Crippen LogP contribution in [0.1, 0.15) is 0 Å². The SMILES string of the molecule is c1ccc(N(c2ccc(-c3ccc(-c4ccc(-n5c6ccccc6c6ccccc65)cc4)cc3)cc2)c2ccc3cc(-c4ccc(N(c5ccc(-c6ccc(-c7ccc(-n8c9ccccc9c9ccccc98)cc7)cc6)cc5)c5cccc6ccccc56)cc4)ccc3c2)cc1.